The molecular weight excluding hydrogens is 439 g/mol. The zero-order valence-electron chi connectivity index (χ0n) is 17.0. The number of piperazine rings is 1. The van der Waals surface area contributed by atoms with Crippen LogP contribution in [-0.2, 0) is 4.74 Å². The lowest BCUT2D eigenvalue weighted by molar-refractivity contribution is 0.0746. The summed E-state index contributed by atoms with van der Waals surface area (Å²) in [5.74, 6) is 0.550. The van der Waals surface area contributed by atoms with Crippen LogP contribution in [0.1, 0.15) is 33.6 Å². The van der Waals surface area contributed by atoms with Crippen LogP contribution in [0.4, 0.5) is 5.82 Å². The maximum Gasteiger partial charge on any atom is 0.254 e. The first-order valence-corrected chi connectivity index (χ1v) is 11.1. The minimum Gasteiger partial charge on any atom is -0.376 e. The van der Waals surface area contributed by atoms with Gasteiger partial charge in [-0.1, -0.05) is 23.2 Å². The highest BCUT2D eigenvalue weighted by atomic mass is 35.5. The van der Waals surface area contributed by atoms with Crippen LogP contribution in [0.5, 0.6) is 0 Å². The molecule has 1 atom stereocenters. The molecule has 2 aliphatic rings. The second-order valence-corrected chi connectivity index (χ2v) is 8.56. The molecule has 1 aromatic carbocycles. The lowest BCUT2D eigenvalue weighted by Crippen LogP contribution is -2.49. The van der Waals surface area contributed by atoms with E-state index in [4.69, 9.17) is 27.9 Å². The molecule has 4 rings (SSSR count). The largest absolute Gasteiger partial charge is 0.376 e. The van der Waals surface area contributed by atoms with Crippen LogP contribution < -0.4 is 10.2 Å². The van der Waals surface area contributed by atoms with E-state index in [1.165, 1.54) is 0 Å². The number of amides is 2. The van der Waals surface area contributed by atoms with E-state index < -0.39 is 0 Å². The number of halogens is 2. The predicted molar refractivity (Wildman–Crippen MR) is 120 cm³/mol. The molecule has 9 heteroatoms. The molecule has 7 nitrogen and oxygen atoms in total. The Balaban J connectivity index is 1.30. The zero-order valence-corrected chi connectivity index (χ0v) is 18.5. The van der Waals surface area contributed by atoms with E-state index in [0.29, 0.717) is 53.9 Å². The van der Waals surface area contributed by atoms with Gasteiger partial charge in [-0.2, -0.15) is 0 Å². The summed E-state index contributed by atoms with van der Waals surface area (Å²) >= 11 is 12.0. The number of carbonyl (C=O) groups excluding carboxylic acids is 2. The molecule has 0 saturated carbocycles. The zero-order chi connectivity index (χ0) is 21.8. The lowest BCUT2D eigenvalue weighted by atomic mass is 10.1. The predicted octanol–water partition coefficient (Wildman–Crippen LogP) is 3.26. The molecular formula is C22H24Cl2N4O3. The number of benzene rings is 1. The van der Waals surface area contributed by atoms with Crippen LogP contribution in [0.25, 0.3) is 0 Å². The molecule has 2 fully saturated rings. The monoisotopic (exact) mass is 462 g/mol. The van der Waals surface area contributed by atoms with Crippen LogP contribution in [0, 0.1) is 0 Å². The van der Waals surface area contributed by atoms with E-state index in [1.54, 1.807) is 35.4 Å². The first-order valence-electron chi connectivity index (χ1n) is 10.4. The number of anilines is 1. The first kappa shape index (κ1) is 21.9. The third-order valence-corrected chi connectivity index (χ3v) is 5.96. The number of nitrogens with zero attached hydrogens (tertiary/aromatic N) is 3. The molecule has 1 unspecified atom stereocenters. The molecule has 0 spiro atoms. The van der Waals surface area contributed by atoms with Gasteiger partial charge in [0.1, 0.15) is 5.82 Å². The quantitative estimate of drug-likeness (QED) is 0.737. The number of pyridine rings is 1. The topological polar surface area (TPSA) is 74.8 Å². The highest BCUT2D eigenvalue weighted by Crippen LogP contribution is 2.21. The van der Waals surface area contributed by atoms with Crippen molar-refractivity contribution >= 4 is 40.8 Å². The van der Waals surface area contributed by atoms with E-state index in [2.05, 4.69) is 15.2 Å². The van der Waals surface area contributed by atoms with Crippen molar-refractivity contribution in [3.8, 4) is 0 Å². The van der Waals surface area contributed by atoms with Crippen molar-refractivity contribution in [1.82, 2.24) is 15.2 Å². The summed E-state index contributed by atoms with van der Waals surface area (Å²) in [4.78, 5) is 33.4. The Morgan fingerprint density at radius 2 is 1.81 bits per heavy atom. The minimum absolute atomic E-state index is 0.0877. The summed E-state index contributed by atoms with van der Waals surface area (Å²) in [5, 5.41) is 3.79. The molecule has 2 amide bonds. The number of carbonyl (C=O) groups is 2. The third kappa shape index (κ3) is 5.47. The summed E-state index contributed by atoms with van der Waals surface area (Å²) in [5.41, 5.74) is 1.01. The van der Waals surface area contributed by atoms with E-state index in [9.17, 15) is 9.59 Å². The van der Waals surface area contributed by atoms with Crippen molar-refractivity contribution in [3.63, 3.8) is 0 Å². The van der Waals surface area contributed by atoms with Gasteiger partial charge in [-0.3, -0.25) is 9.59 Å². The number of ether oxygens (including phenoxy) is 1. The number of rotatable bonds is 5. The van der Waals surface area contributed by atoms with Gasteiger partial charge >= 0.3 is 0 Å². The number of hydrogen-bond acceptors (Lipinski definition) is 5. The molecule has 2 aliphatic heterocycles. The fourth-order valence-electron chi connectivity index (χ4n) is 3.82. The molecule has 2 saturated heterocycles. The Hall–Kier alpha value is -2.35. The smallest absolute Gasteiger partial charge is 0.254 e. The van der Waals surface area contributed by atoms with Crippen molar-refractivity contribution in [2.45, 2.75) is 18.9 Å². The van der Waals surface area contributed by atoms with E-state index in [1.807, 2.05) is 6.07 Å². The van der Waals surface area contributed by atoms with Crippen molar-refractivity contribution in [1.29, 1.82) is 0 Å². The molecule has 0 radical (unpaired) electrons. The summed E-state index contributed by atoms with van der Waals surface area (Å²) in [6.07, 6.45) is 3.72. The molecule has 1 aromatic heterocycles. The second kappa shape index (κ2) is 9.85. The molecule has 3 heterocycles. The van der Waals surface area contributed by atoms with Crippen LogP contribution in [0.2, 0.25) is 10.0 Å². The minimum atomic E-state index is -0.148. The van der Waals surface area contributed by atoms with Crippen molar-refractivity contribution in [2.75, 3.05) is 44.2 Å². The Bertz CT molecular complexity index is 920. The van der Waals surface area contributed by atoms with Crippen LogP contribution in [-0.4, -0.2) is 67.1 Å². The molecule has 31 heavy (non-hydrogen) atoms. The van der Waals surface area contributed by atoms with Crippen LogP contribution >= 0.6 is 23.2 Å². The van der Waals surface area contributed by atoms with Gasteiger partial charge in [-0.15, -0.1) is 0 Å². The fraction of sp³-hybridized carbons (Fsp3) is 0.409. The van der Waals surface area contributed by atoms with Gasteiger partial charge < -0.3 is 19.9 Å². The molecule has 1 N–H and O–H groups in total. The number of hydrogen-bond donors (Lipinski definition) is 1. The van der Waals surface area contributed by atoms with Crippen LogP contribution in [0.15, 0.2) is 36.5 Å². The van der Waals surface area contributed by atoms with E-state index >= 15 is 0 Å². The van der Waals surface area contributed by atoms with Crippen molar-refractivity contribution in [3.05, 3.63) is 57.7 Å². The standard InChI is InChI=1S/C22H24Cl2N4O3/c23-17-10-16(11-18(24)12-17)22(30)28-7-5-27(6-8-28)20-4-3-15(13-25-20)21(29)26-14-19-2-1-9-31-19/h3-4,10-13,19H,1-2,5-9,14H2,(H,26,29). The van der Waals surface area contributed by atoms with Crippen molar-refractivity contribution < 1.29 is 14.3 Å². The third-order valence-electron chi connectivity index (χ3n) is 5.52. The fourth-order valence-corrected chi connectivity index (χ4v) is 4.35. The SMILES string of the molecule is O=C(NCC1CCCO1)c1ccc(N2CCN(C(=O)c3cc(Cl)cc(Cl)c3)CC2)nc1. The summed E-state index contributed by atoms with van der Waals surface area (Å²) < 4.78 is 5.52. The molecule has 164 valence electrons. The van der Waals surface area contributed by atoms with Crippen LogP contribution in [0.3, 0.4) is 0 Å². The van der Waals surface area contributed by atoms with Gasteiger partial charge in [0.25, 0.3) is 11.8 Å². The second-order valence-electron chi connectivity index (χ2n) is 7.69. The maximum atomic E-state index is 12.7. The Labute approximate surface area is 191 Å². The number of nitrogens with one attached hydrogen (secondary N) is 1. The average molecular weight is 463 g/mol. The van der Waals surface area contributed by atoms with E-state index in [-0.39, 0.29) is 17.9 Å². The first-order chi connectivity index (χ1) is 15.0. The molecule has 0 aliphatic carbocycles. The van der Waals surface area contributed by atoms with Gasteiger partial charge in [-0.05, 0) is 43.2 Å². The van der Waals surface area contributed by atoms with E-state index in [0.717, 1.165) is 25.3 Å². The van der Waals surface area contributed by atoms with Gasteiger partial charge in [0.15, 0.2) is 0 Å². The van der Waals surface area contributed by atoms with Gasteiger partial charge in [0, 0.05) is 61.1 Å². The Morgan fingerprint density at radius 3 is 2.42 bits per heavy atom. The molecule has 0 bridgehead atoms. The van der Waals surface area contributed by atoms with Gasteiger partial charge in [-0.25, -0.2) is 4.98 Å². The highest BCUT2D eigenvalue weighted by molar-refractivity contribution is 6.35. The highest BCUT2D eigenvalue weighted by Gasteiger charge is 2.24. The summed E-state index contributed by atoms with van der Waals surface area (Å²) in [6.45, 7) is 3.72. The van der Waals surface area contributed by atoms with Gasteiger partial charge in [0.05, 0.1) is 11.7 Å². The normalized spacial score (nSPS) is 18.8. The number of aromatic nitrogens is 1. The molecule has 2 aromatic rings. The Kier molecular flexibility index (Phi) is 6.95. The average Bonchev–Trinajstić information content (AvgIpc) is 3.30. The van der Waals surface area contributed by atoms with Gasteiger partial charge in [0.2, 0.25) is 0 Å². The maximum absolute atomic E-state index is 12.7. The Morgan fingerprint density at radius 1 is 1.06 bits per heavy atom. The lowest BCUT2D eigenvalue weighted by Gasteiger charge is -2.35. The van der Waals surface area contributed by atoms with Crippen molar-refractivity contribution in [2.24, 2.45) is 0 Å². The summed E-state index contributed by atoms with van der Waals surface area (Å²) in [7, 11) is 0. The summed E-state index contributed by atoms with van der Waals surface area (Å²) in [6, 6.07) is 8.49.